The van der Waals surface area contributed by atoms with Crippen molar-refractivity contribution < 1.29 is 14.6 Å². The molecule has 1 heterocycles. The smallest absolute Gasteiger partial charge is 0.185 e. The summed E-state index contributed by atoms with van der Waals surface area (Å²) in [4.78, 5) is 15.8. The molecular formula is C22H25NO3S. The van der Waals surface area contributed by atoms with Crippen molar-refractivity contribution in [3.63, 3.8) is 0 Å². The van der Waals surface area contributed by atoms with Crippen molar-refractivity contribution in [2.24, 2.45) is 0 Å². The number of methoxy groups -OCH3 is 1. The second kappa shape index (κ2) is 9.11. The maximum atomic E-state index is 12.5. The second-order valence-corrected chi connectivity index (χ2v) is 7.43. The van der Waals surface area contributed by atoms with Gasteiger partial charge < -0.3 is 14.7 Å². The summed E-state index contributed by atoms with van der Waals surface area (Å²) >= 11 is 1.63. The normalized spacial score (nSPS) is 15.3. The van der Waals surface area contributed by atoms with E-state index < -0.39 is 0 Å². The fraction of sp³-hybridized carbons (Fsp3) is 0.318. The number of rotatable bonds is 6. The van der Waals surface area contributed by atoms with Crippen LogP contribution >= 0.6 is 11.8 Å². The molecule has 1 N–H and O–H groups in total. The molecule has 1 saturated heterocycles. The summed E-state index contributed by atoms with van der Waals surface area (Å²) in [6.45, 7) is 1.70. The molecular weight excluding hydrogens is 358 g/mol. The zero-order valence-electron chi connectivity index (χ0n) is 15.7. The molecule has 0 aromatic heterocycles. The van der Waals surface area contributed by atoms with Crippen LogP contribution in [0.2, 0.25) is 0 Å². The Balaban J connectivity index is 1.66. The van der Waals surface area contributed by atoms with Crippen molar-refractivity contribution in [3.05, 3.63) is 59.7 Å². The van der Waals surface area contributed by atoms with Gasteiger partial charge in [0.15, 0.2) is 5.78 Å². The number of carbonyl (C=O) groups is 1. The highest BCUT2D eigenvalue weighted by Crippen LogP contribution is 2.28. The minimum absolute atomic E-state index is 0.0245. The van der Waals surface area contributed by atoms with E-state index in [1.807, 2.05) is 54.8 Å². The number of hydrogen-bond donors (Lipinski definition) is 1. The maximum absolute atomic E-state index is 12.5. The molecule has 1 aliphatic rings. The van der Waals surface area contributed by atoms with E-state index in [2.05, 4.69) is 4.90 Å². The van der Waals surface area contributed by atoms with Gasteiger partial charge in [0, 0.05) is 29.2 Å². The van der Waals surface area contributed by atoms with Crippen LogP contribution in [0.5, 0.6) is 5.75 Å². The molecule has 0 unspecified atom stereocenters. The monoisotopic (exact) mass is 383 g/mol. The molecule has 0 saturated carbocycles. The Kier molecular flexibility index (Phi) is 6.58. The van der Waals surface area contributed by atoms with E-state index >= 15 is 0 Å². The number of aliphatic hydroxyl groups is 1. The summed E-state index contributed by atoms with van der Waals surface area (Å²) in [5, 5.41) is 9.62. The van der Waals surface area contributed by atoms with Gasteiger partial charge in [-0.25, -0.2) is 0 Å². The van der Waals surface area contributed by atoms with Gasteiger partial charge in [-0.05, 0) is 67.1 Å². The predicted octanol–water partition coefficient (Wildman–Crippen LogP) is 4.27. The largest absolute Gasteiger partial charge is 0.496 e. The summed E-state index contributed by atoms with van der Waals surface area (Å²) in [6, 6.07) is 13.6. The first-order valence-corrected chi connectivity index (χ1v) is 10.3. The molecule has 4 nitrogen and oxygen atoms in total. The Hall–Kier alpha value is -2.24. The van der Waals surface area contributed by atoms with Crippen molar-refractivity contribution in [1.29, 1.82) is 0 Å². The van der Waals surface area contributed by atoms with E-state index in [4.69, 9.17) is 4.74 Å². The van der Waals surface area contributed by atoms with Crippen LogP contribution in [0.15, 0.2) is 53.4 Å². The van der Waals surface area contributed by atoms with Gasteiger partial charge in [-0.3, -0.25) is 4.79 Å². The van der Waals surface area contributed by atoms with E-state index in [1.54, 1.807) is 24.9 Å². The number of allylic oxidation sites excluding steroid dienone is 1. The first kappa shape index (κ1) is 19.5. The third-order valence-corrected chi connectivity index (χ3v) is 5.59. The minimum Gasteiger partial charge on any atom is -0.496 e. The van der Waals surface area contributed by atoms with Gasteiger partial charge in [-0.1, -0.05) is 12.1 Å². The first-order valence-electron chi connectivity index (χ1n) is 9.08. The number of ketones is 1. The zero-order chi connectivity index (χ0) is 19.2. The van der Waals surface area contributed by atoms with Gasteiger partial charge in [-0.2, -0.15) is 0 Å². The molecule has 0 bridgehead atoms. The van der Waals surface area contributed by atoms with Gasteiger partial charge in [0.25, 0.3) is 0 Å². The number of nitrogens with zero attached hydrogens (tertiary/aromatic N) is 1. The number of thioether (sulfide) groups is 1. The minimum atomic E-state index is -0.184. The second-order valence-electron chi connectivity index (χ2n) is 6.58. The maximum Gasteiger partial charge on any atom is 0.185 e. The Bertz CT molecular complexity index is 809. The third-order valence-electron chi connectivity index (χ3n) is 4.82. The molecule has 5 heteroatoms. The lowest BCUT2D eigenvalue weighted by Crippen LogP contribution is -2.35. The SMILES string of the molecule is COc1cc(/C=C/C(=O)c2ccc(N3CCC(O)CC3)cc2)ccc1SC. The number of benzene rings is 2. The fourth-order valence-corrected chi connectivity index (χ4v) is 3.73. The topological polar surface area (TPSA) is 49.8 Å². The van der Waals surface area contributed by atoms with Crippen LogP contribution in [0.1, 0.15) is 28.8 Å². The van der Waals surface area contributed by atoms with Crippen LogP contribution in [0.3, 0.4) is 0 Å². The molecule has 27 heavy (non-hydrogen) atoms. The average Bonchev–Trinajstić information content (AvgIpc) is 2.72. The molecule has 2 aromatic rings. The van der Waals surface area contributed by atoms with Crippen LogP contribution < -0.4 is 9.64 Å². The lowest BCUT2D eigenvalue weighted by atomic mass is 10.1. The lowest BCUT2D eigenvalue weighted by Gasteiger charge is -2.31. The quantitative estimate of drug-likeness (QED) is 0.458. The van der Waals surface area contributed by atoms with Crippen LogP contribution in [-0.2, 0) is 0 Å². The number of ether oxygens (including phenoxy) is 1. The van der Waals surface area contributed by atoms with Crippen LogP contribution in [0.25, 0.3) is 6.08 Å². The van der Waals surface area contributed by atoms with Crippen molar-refractivity contribution in [2.75, 3.05) is 31.4 Å². The van der Waals surface area contributed by atoms with Crippen LogP contribution in [-0.4, -0.2) is 43.4 Å². The summed E-state index contributed by atoms with van der Waals surface area (Å²) in [6.07, 6.45) is 6.82. The predicted molar refractivity (Wildman–Crippen MR) is 112 cm³/mol. The highest BCUT2D eigenvalue weighted by atomic mass is 32.2. The molecule has 1 aliphatic heterocycles. The van der Waals surface area contributed by atoms with Crippen molar-refractivity contribution in [1.82, 2.24) is 0 Å². The van der Waals surface area contributed by atoms with Crippen LogP contribution in [0, 0.1) is 0 Å². The number of piperidine rings is 1. The molecule has 3 rings (SSSR count). The van der Waals surface area contributed by atoms with E-state index in [0.717, 1.165) is 47.8 Å². The van der Waals surface area contributed by atoms with E-state index in [-0.39, 0.29) is 11.9 Å². The highest BCUT2D eigenvalue weighted by molar-refractivity contribution is 7.98. The molecule has 0 amide bonds. The number of aliphatic hydroxyl groups excluding tert-OH is 1. The van der Waals surface area contributed by atoms with E-state index in [0.29, 0.717) is 5.56 Å². The third kappa shape index (κ3) is 4.93. The van der Waals surface area contributed by atoms with Gasteiger partial charge in [0.2, 0.25) is 0 Å². The summed E-state index contributed by atoms with van der Waals surface area (Å²) < 4.78 is 5.39. The first-order chi connectivity index (χ1) is 13.1. The van der Waals surface area contributed by atoms with Crippen molar-refractivity contribution in [2.45, 2.75) is 23.8 Å². The van der Waals surface area contributed by atoms with Crippen molar-refractivity contribution >= 4 is 29.3 Å². The standard InChI is InChI=1S/C22H25NO3S/c1-26-21-15-16(4-10-22(21)27-2)3-9-20(25)17-5-7-18(8-6-17)23-13-11-19(24)12-14-23/h3-10,15,19,24H,11-14H2,1-2H3/b9-3+. The Morgan fingerprint density at radius 1 is 1.19 bits per heavy atom. The molecule has 2 aromatic carbocycles. The Labute approximate surface area is 164 Å². The summed E-state index contributed by atoms with van der Waals surface area (Å²) in [5.41, 5.74) is 2.70. The molecule has 0 aliphatic carbocycles. The summed E-state index contributed by atoms with van der Waals surface area (Å²) in [5.74, 6) is 0.789. The fourth-order valence-electron chi connectivity index (χ4n) is 3.19. The van der Waals surface area contributed by atoms with E-state index in [9.17, 15) is 9.90 Å². The number of carbonyl (C=O) groups excluding carboxylic acids is 1. The van der Waals surface area contributed by atoms with Gasteiger partial charge in [0.1, 0.15) is 5.75 Å². The highest BCUT2D eigenvalue weighted by Gasteiger charge is 2.17. The number of anilines is 1. The summed E-state index contributed by atoms with van der Waals surface area (Å²) in [7, 11) is 1.65. The Morgan fingerprint density at radius 2 is 1.89 bits per heavy atom. The zero-order valence-corrected chi connectivity index (χ0v) is 16.5. The van der Waals surface area contributed by atoms with Crippen LogP contribution in [0.4, 0.5) is 5.69 Å². The molecule has 0 radical (unpaired) electrons. The molecule has 0 spiro atoms. The average molecular weight is 384 g/mol. The Morgan fingerprint density at radius 3 is 2.52 bits per heavy atom. The molecule has 142 valence electrons. The van der Waals surface area contributed by atoms with Crippen molar-refractivity contribution in [3.8, 4) is 5.75 Å². The lowest BCUT2D eigenvalue weighted by molar-refractivity contribution is 0.104. The molecule has 0 atom stereocenters. The van der Waals surface area contributed by atoms with Gasteiger partial charge in [0.05, 0.1) is 13.2 Å². The molecule has 1 fully saturated rings. The van der Waals surface area contributed by atoms with Gasteiger partial charge >= 0.3 is 0 Å². The van der Waals surface area contributed by atoms with Gasteiger partial charge in [-0.15, -0.1) is 11.8 Å². The number of hydrogen-bond acceptors (Lipinski definition) is 5. The van der Waals surface area contributed by atoms with E-state index in [1.165, 1.54) is 0 Å².